The second-order valence-corrected chi connectivity index (χ2v) is 11.4. The number of anilines is 1. The van der Waals surface area contributed by atoms with Gasteiger partial charge in [-0.1, -0.05) is 51.0 Å². The summed E-state index contributed by atoms with van der Waals surface area (Å²) in [5.74, 6) is 0. The van der Waals surface area contributed by atoms with Crippen molar-refractivity contribution in [2.45, 2.75) is 19.6 Å². The zero-order valence-electron chi connectivity index (χ0n) is 7.63. The van der Waals surface area contributed by atoms with Crippen LogP contribution in [0.15, 0.2) is 0 Å². The second-order valence-electron chi connectivity index (χ2n) is 3.85. The molecule has 0 fully saturated rings. The molecule has 74 valence electrons. The fourth-order valence-electron chi connectivity index (χ4n) is 1.22. The normalized spacial score (nSPS) is 12.5. The molecular formula is C7H11Cl3NPSi. The van der Waals surface area contributed by atoms with Crippen LogP contribution in [0, 0.1) is 0 Å². The third-order valence-electron chi connectivity index (χ3n) is 1.74. The van der Waals surface area contributed by atoms with Gasteiger partial charge >= 0.3 is 0 Å². The molecule has 0 spiro atoms. The summed E-state index contributed by atoms with van der Waals surface area (Å²) in [5.41, 5.74) is 0.996. The van der Waals surface area contributed by atoms with E-state index in [9.17, 15) is 0 Å². The summed E-state index contributed by atoms with van der Waals surface area (Å²) in [6, 6.07) is 0. The van der Waals surface area contributed by atoms with Crippen LogP contribution in [0.1, 0.15) is 0 Å². The van der Waals surface area contributed by atoms with Crippen LogP contribution in [-0.4, -0.2) is 8.07 Å². The number of nitrogens with one attached hydrogen (secondary N) is 1. The molecule has 0 aromatic carbocycles. The monoisotopic (exact) mass is 273 g/mol. The van der Waals surface area contributed by atoms with Crippen molar-refractivity contribution in [2.75, 3.05) is 4.84 Å². The average Bonchev–Trinajstić information content (AvgIpc) is 2.26. The number of halogens is 3. The Morgan fingerprint density at radius 2 is 1.77 bits per heavy atom. The summed E-state index contributed by atoms with van der Waals surface area (Å²) < 4.78 is 0.724. The maximum absolute atomic E-state index is 6.12. The van der Waals surface area contributed by atoms with Gasteiger partial charge in [0, 0.05) is 11.8 Å². The van der Waals surface area contributed by atoms with Crippen molar-refractivity contribution in [1.29, 1.82) is 0 Å². The Bertz CT molecular complexity index is 318. The largest absolute Gasteiger partial charge is 0.295 e. The number of rotatable bonds is 2. The van der Waals surface area contributed by atoms with E-state index >= 15 is 0 Å². The molecular weight excluding hydrogens is 264 g/mol. The van der Waals surface area contributed by atoms with Gasteiger partial charge in [0.1, 0.15) is 0 Å². The Kier molecular flexibility index (Phi) is 3.65. The molecule has 13 heavy (non-hydrogen) atoms. The first-order chi connectivity index (χ1) is 5.88. The molecule has 1 aromatic rings. The Morgan fingerprint density at radius 3 is 2.08 bits per heavy atom. The van der Waals surface area contributed by atoms with E-state index in [-0.39, 0.29) is 0 Å². The molecule has 0 saturated heterocycles. The molecule has 0 saturated carbocycles. The lowest BCUT2D eigenvalue weighted by Crippen LogP contribution is -2.38. The molecule has 0 radical (unpaired) electrons. The summed E-state index contributed by atoms with van der Waals surface area (Å²) in [7, 11) is -1.06. The van der Waals surface area contributed by atoms with E-state index in [0.717, 1.165) is 15.4 Å². The zero-order chi connectivity index (χ0) is 10.2. The molecule has 0 aliphatic rings. The van der Waals surface area contributed by atoms with Crippen molar-refractivity contribution < 1.29 is 0 Å². The zero-order valence-corrected chi connectivity index (χ0v) is 11.9. The predicted molar refractivity (Wildman–Crippen MR) is 68.4 cm³/mol. The van der Waals surface area contributed by atoms with Crippen molar-refractivity contribution >= 4 is 61.9 Å². The minimum atomic E-state index is -1.45. The van der Waals surface area contributed by atoms with Crippen LogP contribution < -0.4 is 10.0 Å². The van der Waals surface area contributed by atoms with Crippen molar-refractivity contribution in [1.82, 2.24) is 0 Å². The fraction of sp³-hybridized carbons (Fsp3) is 0.429. The van der Waals surface area contributed by atoms with Gasteiger partial charge in [-0.15, -0.1) is 0 Å². The quantitative estimate of drug-likeness (QED) is 0.631. The third kappa shape index (κ3) is 2.37. The lowest BCUT2D eigenvalue weighted by Gasteiger charge is -2.17. The van der Waals surface area contributed by atoms with Crippen molar-refractivity contribution in [3.63, 3.8) is 0 Å². The van der Waals surface area contributed by atoms with E-state index in [1.165, 1.54) is 0 Å². The maximum Gasteiger partial charge on any atom is 0.0828 e. The molecule has 0 bridgehead atoms. The van der Waals surface area contributed by atoms with Gasteiger partial charge in [0.25, 0.3) is 0 Å². The van der Waals surface area contributed by atoms with Crippen LogP contribution in [0.25, 0.3) is 0 Å². The summed E-state index contributed by atoms with van der Waals surface area (Å²) in [4.78, 5) is 2.67. The molecule has 1 aromatic heterocycles. The minimum Gasteiger partial charge on any atom is -0.295 e. The molecule has 1 N–H and O–H groups in total. The highest BCUT2D eigenvalue weighted by atomic mass is 35.5. The van der Waals surface area contributed by atoms with Crippen molar-refractivity contribution in [3.8, 4) is 0 Å². The molecule has 0 aliphatic carbocycles. The van der Waals surface area contributed by atoms with E-state index in [0.29, 0.717) is 13.2 Å². The van der Waals surface area contributed by atoms with Crippen LogP contribution >= 0.6 is 43.2 Å². The SMILES string of the molecule is C[Si](C)(C)c1c(NCl)[pH]c(Cl)c1Cl. The summed E-state index contributed by atoms with van der Waals surface area (Å²) in [6.45, 7) is 6.66. The van der Waals surface area contributed by atoms with Crippen LogP contribution in [0.3, 0.4) is 0 Å². The van der Waals surface area contributed by atoms with E-state index in [1.807, 2.05) is 0 Å². The lowest BCUT2D eigenvalue weighted by atomic mass is 10.6. The topological polar surface area (TPSA) is 12.0 Å². The van der Waals surface area contributed by atoms with Gasteiger partial charge in [-0.3, -0.25) is 4.84 Å². The van der Waals surface area contributed by atoms with Crippen LogP contribution in [-0.2, 0) is 0 Å². The molecule has 1 rings (SSSR count). The van der Waals surface area contributed by atoms with E-state index < -0.39 is 8.07 Å². The third-order valence-corrected chi connectivity index (χ3v) is 6.70. The highest BCUT2D eigenvalue weighted by Crippen LogP contribution is 2.39. The standard InChI is InChI=1S/C7H11Cl3NPSi/c1-13(2,3)5-4(8)6(9)12-7(5)11-10/h11-12H,1-3H3. The van der Waals surface area contributed by atoms with Gasteiger partial charge in [0.2, 0.25) is 0 Å². The predicted octanol–water partition coefficient (Wildman–Crippen LogP) is 4.14. The molecule has 6 heteroatoms. The molecule has 1 atom stereocenters. The Labute approximate surface area is 96.0 Å². The van der Waals surface area contributed by atoms with Gasteiger partial charge in [-0.05, 0) is 5.19 Å². The van der Waals surface area contributed by atoms with E-state index in [4.69, 9.17) is 35.0 Å². The first kappa shape index (κ1) is 11.7. The van der Waals surface area contributed by atoms with Gasteiger partial charge in [-0.2, -0.15) is 0 Å². The summed E-state index contributed by atoms with van der Waals surface area (Å²) in [5, 5.41) is 1.87. The first-order valence-electron chi connectivity index (χ1n) is 3.82. The van der Waals surface area contributed by atoms with Crippen LogP contribution in [0.4, 0.5) is 5.42 Å². The molecule has 1 nitrogen and oxygen atoms in total. The van der Waals surface area contributed by atoms with Crippen molar-refractivity contribution in [3.05, 3.63) is 9.78 Å². The number of hydrogen-bond donors (Lipinski definition) is 1. The summed E-state index contributed by atoms with van der Waals surface area (Å²) in [6.07, 6.45) is 0. The minimum absolute atomic E-state index is 0.392. The average molecular weight is 275 g/mol. The smallest absolute Gasteiger partial charge is 0.0828 e. The van der Waals surface area contributed by atoms with Crippen LogP contribution in [0.5, 0.6) is 0 Å². The van der Waals surface area contributed by atoms with Crippen LogP contribution in [0.2, 0.25) is 29.4 Å². The summed E-state index contributed by atoms with van der Waals surface area (Å²) >= 11 is 17.7. The molecule has 1 unspecified atom stereocenters. The Hall–Kier alpha value is 0.667. The Balaban J connectivity index is 3.33. The van der Waals surface area contributed by atoms with E-state index in [2.05, 4.69) is 24.5 Å². The fourth-order valence-corrected chi connectivity index (χ4v) is 6.95. The van der Waals surface area contributed by atoms with Gasteiger partial charge < -0.3 is 0 Å². The molecule has 0 amide bonds. The second kappa shape index (κ2) is 4.04. The van der Waals surface area contributed by atoms with E-state index in [1.54, 1.807) is 0 Å². The highest BCUT2D eigenvalue weighted by Gasteiger charge is 2.26. The first-order valence-corrected chi connectivity index (χ1v) is 9.45. The van der Waals surface area contributed by atoms with Crippen molar-refractivity contribution in [2.24, 2.45) is 0 Å². The lowest BCUT2D eigenvalue weighted by molar-refractivity contribution is 1.75. The molecule has 0 aliphatic heterocycles. The van der Waals surface area contributed by atoms with Gasteiger partial charge in [0.15, 0.2) is 0 Å². The van der Waals surface area contributed by atoms with Gasteiger partial charge in [0.05, 0.1) is 23.3 Å². The molecule has 1 heterocycles. The highest BCUT2D eigenvalue weighted by molar-refractivity contribution is 7.40. The Morgan fingerprint density at radius 1 is 1.23 bits per heavy atom. The maximum atomic E-state index is 6.12. The van der Waals surface area contributed by atoms with Gasteiger partial charge in [-0.25, -0.2) is 0 Å². The number of hydrogen-bond acceptors (Lipinski definition) is 1.